The lowest BCUT2D eigenvalue weighted by molar-refractivity contribution is -0.142. The number of rotatable bonds is 5. The molecule has 1 fully saturated rings. The van der Waals surface area contributed by atoms with Crippen LogP contribution in [-0.4, -0.2) is 52.0 Å². The van der Waals surface area contributed by atoms with Crippen LogP contribution in [0.15, 0.2) is 41.3 Å². The van der Waals surface area contributed by atoms with E-state index in [-0.39, 0.29) is 41.4 Å². The molecule has 5 rings (SSSR count). The Bertz CT molecular complexity index is 1500. The van der Waals surface area contributed by atoms with Gasteiger partial charge in [0, 0.05) is 24.7 Å². The molecule has 2 aliphatic rings. The molecule has 1 aromatic carbocycles. The summed E-state index contributed by atoms with van der Waals surface area (Å²) in [5.41, 5.74) is 1.16. The first-order chi connectivity index (χ1) is 18.3. The second kappa shape index (κ2) is 9.86. The zero-order valence-electron chi connectivity index (χ0n) is 22.9. The predicted octanol–water partition coefficient (Wildman–Crippen LogP) is 4.07. The number of anilines is 1. The maximum absolute atomic E-state index is 13.6. The SMILES string of the molecule is CC1(C)CN(C(=O)Cn2c(=O)c(C(=O)NCc3ccc(Cl)cc3)cc3c4c(cnc32)NC(C(C)(C)C)CO4)C1. The number of carbonyl (C=O) groups excluding carboxylic acids is 2. The molecule has 0 saturated carbocycles. The van der Waals surface area contributed by atoms with Gasteiger partial charge in [0.2, 0.25) is 5.91 Å². The van der Waals surface area contributed by atoms with Crippen LogP contribution in [-0.2, 0) is 17.9 Å². The van der Waals surface area contributed by atoms with E-state index in [1.165, 1.54) is 10.6 Å². The number of hydrogen-bond acceptors (Lipinski definition) is 6. The van der Waals surface area contributed by atoms with Crippen molar-refractivity contribution >= 4 is 40.1 Å². The minimum Gasteiger partial charge on any atom is -0.488 e. The lowest BCUT2D eigenvalue weighted by Gasteiger charge is -2.45. The van der Waals surface area contributed by atoms with Crippen LogP contribution in [0.1, 0.15) is 50.5 Å². The summed E-state index contributed by atoms with van der Waals surface area (Å²) in [6.45, 7) is 12.2. The number of amides is 2. The average molecular weight is 552 g/mol. The third-order valence-corrected chi connectivity index (χ3v) is 7.58. The van der Waals surface area contributed by atoms with Crippen LogP contribution < -0.4 is 20.9 Å². The average Bonchev–Trinajstić information content (AvgIpc) is 2.86. The maximum atomic E-state index is 13.6. The normalized spacial score (nSPS) is 18.0. The summed E-state index contributed by atoms with van der Waals surface area (Å²) in [5.74, 6) is -0.224. The summed E-state index contributed by atoms with van der Waals surface area (Å²) >= 11 is 5.96. The van der Waals surface area contributed by atoms with E-state index in [9.17, 15) is 14.4 Å². The highest BCUT2D eigenvalue weighted by Gasteiger charge is 2.37. The van der Waals surface area contributed by atoms with Crippen molar-refractivity contribution in [3.8, 4) is 5.75 Å². The van der Waals surface area contributed by atoms with E-state index in [0.29, 0.717) is 47.2 Å². The van der Waals surface area contributed by atoms with Crippen molar-refractivity contribution in [3.05, 3.63) is 63.0 Å². The standard InChI is InChI=1S/C29H34ClN5O4/c1-28(2,3)22-14-39-24-19-10-20(26(37)32-11-17-6-8-18(30)9-7-17)27(38)35(25(19)31-12-21(24)33-22)13-23(36)34-15-29(4,5)16-34/h6-10,12,22,33H,11,13-16H2,1-5H3,(H,32,37). The van der Waals surface area contributed by atoms with E-state index < -0.39 is 11.5 Å². The second-order valence-corrected chi connectivity index (χ2v) is 12.7. The Balaban J connectivity index is 1.53. The zero-order chi connectivity index (χ0) is 28.1. The highest BCUT2D eigenvalue weighted by molar-refractivity contribution is 6.30. The number of likely N-dealkylation sites (tertiary alicyclic amines) is 1. The summed E-state index contributed by atoms with van der Waals surface area (Å²) in [7, 11) is 0. The smallest absolute Gasteiger partial charge is 0.265 e. The number of carbonyl (C=O) groups is 2. The molecule has 0 bridgehead atoms. The van der Waals surface area contributed by atoms with Gasteiger partial charge in [-0.2, -0.15) is 0 Å². The van der Waals surface area contributed by atoms with E-state index in [2.05, 4.69) is 50.2 Å². The molecule has 2 amide bonds. The van der Waals surface area contributed by atoms with Crippen molar-refractivity contribution in [2.24, 2.45) is 10.8 Å². The number of ether oxygens (including phenoxy) is 1. The molecule has 2 aliphatic heterocycles. The van der Waals surface area contributed by atoms with E-state index in [1.54, 1.807) is 35.4 Å². The Morgan fingerprint density at radius 3 is 2.54 bits per heavy atom. The molecule has 0 aliphatic carbocycles. The third kappa shape index (κ3) is 5.45. The van der Waals surface area contributed by atoms with Gasteiger partial charge < -0.3 is 20.3 Å². The summed E-state index contributed by atoms with van der Waals surface area (Å²) in [6, 6.07) is 8.66. The quantitative estimate of drug-likeness (QED) is 0.495. The fraction of sp³-hybridized carbons (Fsp3) is 0.448. The van der Waals surface area contributed by atoms with Gasteiger partial charge >= 0.3 is 0 Å². The van der Waals surface area contributed by atoms with Crippen LogP contribution in [0.2, 0.25) is 5.02 Å². The molecule has 4 heterocycles. The molecule has 2 aromatic heterocycles. The summed E-state index contributed by atoms with van der Waals surface area (Å²) < 4.78 is 7.49. The van der Waals surface area contributed by atoms with Crippen LogP contribution in [0.4, 0.5) is 5.69 Å². The molecule has 3 aromatic rings. The first-order valence-electron chi connectivity index (χ1n) is 13.1. The highest BCUT2D eigenvalue weighted by Crippen LogP contribution is 2.38. The van der Waals surface area contributed by atoms with Crippen molar-refractivity contribution in [3.63, 3.8) is 0 Å². The Labute approximate surface area is 232 Å². The van der Waals surface area contributed by atoms with Crippen molar-refractivity contribution in [2.75, 3.05) is 25.0 Å². The molecular formula is C29H34ClN5O4. The Morgan fingerprint density at radius 1 is 1.21 bits per heavy atom. The minimum atomic E-state index is -0.576. The summed E-state index contributed by atoms with van der Waals surface area (Å²) in [4.78, 5) is 46.3. The maximum Gasteiger partial charge on any atom is 0.265 e. The van der Waals surface area contributed by atoms with Gasteiger partial charge in [-0.1, -0.05) is 58.4 Å². The fourth-order valence-electron chi connectivity index (χ4n) is 5.00. The Morgan fingerprint density at radius 2 is 1.90 bits per heavy atom. The molecular weight excluding hydrogens is 518 g/mol. The van der Waals surface area contributed by atoms with E-state index in [4.69, 9.17) is 16.3 Å². The Hall–Kier alpha value is -3.59. The van der Waals surface area contributed by atoms with Crippen LogP contribution in [0.5, 0.6) is 5.75 Å². The number of hydrogen-bond donors (Lipinski definition) is 2. The Kier molecular flexibility index (Phi) is 6.83. The molecule has 2 N–H and O–H groups in total. The molecule has 206 valence electrons. The molecule has 0 radical (unpaired) electrons. The number of aromatic nitrogens is 2. The predicted molar refractivity (Wildman–Crippen MR) is 151 cm³/mol. The molecule has 1 atom stereocenters. The third-order valence-electron chi connectivity index (χ3n) is 7.33. The number of pyridine rings is 2. The zero-order valence-corrected chi connectivity index (χ0v) is 23.7. The lowest BCUT2D eigenvalue weighted by Crippen LogP contribution is -2.56. The van der Waals surface area contributed by atoms with Gasteiger partial charge in [0.05, 0.1) is 23.3 Å². The van der Waals surface area contributed by atoms with Gasteiger partial charge in [0.1, 0.15) is 24.4 Å². The number of fused-ring (bicyclic) bond motifs is 3. The number of nitrogens with one attached hydrogen (secondary N) is 2. The number of nitrogens with zero attached hydrogens (tertiary/aromatic N) is 3. The van der Waals surface area contributed by atoms with Crippen molar-refractivity contribution in [1.82, 2.24) is 19.8 Å². The van der Waals surface area contributed by atoms with Gasteiger partial charge in [0.15, 0.2) is 5.75 Å². The van der Waals surface area contributed by atoms with Gasteiger partial charge in [-0.05, 0) is 34.6 Å². The van der Waals surface area contributed by atoms with Gasteiger partial charge in [-0.25, -0.2) is 4.98 Å². The second-order valence-electron chi connectivity index (χ2n) is 12.3. The lowest BCUT2D eigenvalue weighted by atomic mass is 9.84. The molecule has 0 spiro atoms. The van der Waals surface area contributed by atoms with Gasteiger partial charge in [0.25, 0.3) is 11.5 Å². The van der Waals surface area contributed by atoms with Crippen LogP contribution in [0.3, 0.4) is 0 Å². The number of benzene rings is 1. The first kappa shape index (κ1) is 27.0. The van der Waals surface area contributed by atoms with Crippen molar-refractivity contribution in [2.45, 2.75) is 53.8 Å². The summed E-state index contributed by atoms with van der Waals surface area (Å²) in [6.07, 6.45) is 1.63. The number of halogens is 1. The van der Waals surface area contributed by atoms with E-state index in [1.807, 2.05) is 0 Å². The molecule has 39 heavy (non-hydrogen) atoms. The van der Waals surface area contributed by atoms with Crippen LogP contribution >= 0.6 is 11.6 Å². The topological polar surface area (TPSA) is 106 Å². The van der Waals surface area contributed by atoms with E-state index >= 15 is 0 Å². The summed E-state index contributed by atoms with van der Waals surface area (Å²) in [5, 5.41) is 7.40. The molecule has 10 heteroatoms. The molecule has 1 saturated heterocycles. The van der Waals surface area contributed by atoms with Crippen molar-refractivity contribution in [1.29, 1.82) is 0 Å². The minimum absolute atomic E-state index is 0.0481. The largest absolute Gasteiger partial charge is 0.488 e. The van der Waals surface area contributed by atoms with Crippen LogP contribution in [0, 0.1) is 10.8 Å². The van der Waals surface area contributed by atoms with Crippen LogP contribution in [0.25, 0.3) is 11.0 Å². The highest BCUT2D eigenvalue weighted by atomic mass is 35.5. The van der Waals surface area contributed by atoms with Crippen molar-refractivity contribution < 1.29 is 14.3 Å². The van der Waals surface area contributed by atoms with E-state index in [0.717, 1.165) is 5.56 Å². The molecule has 9 nitrogen and oxygen atoms in total. The van der Waals surface area contributed by atoms with Gasteiger partial charge in [-0.15, -0.1) is 0 Å². The fourth-order valence-corrected chi connectivity index (χ4v) is 5.13. The first-order valence-corrected chi connectivity index (χ1v) is 13.5. The van der Waals surface area contributed by atoms with Gasteiger partial charge in [-0.3, -0.25) is 19.0 Å². The monoisotopic (exact) mass is 551 g/mol. The molecule has 1 unspecified atom stereocenters.